The maximum atomic E-state index is 6.58. The van der Waals surface area contributed by atoms with Crippen LogP contribution in [0.3, 0.4) is 0 Å². The first kappa shape index (κ1) is 22.0. The van der Waals surface area contributed by atoms with E-state index in [4.69, 9.17) is 9.15 Å². The molecule has 190 valence electrons. The van der Waals surface area contributed by atoms with E-state index in [1.807, 2.05) is 0 Å². The minimum absolute atomic E-state index is 0.0149. The molecule has 0 saturated carbocycles. The minimum Gasteiger partial charge on any atom is -0.481 e. The van der Waals surface area contributed by atoms with Crippen molar-refractivity contribution in [3.63, 3.8) is 0 Å². The number of hydrogen-bond acceptors (Lipinski definition) is 2. The molecular formula is C38H26O2. The monoisotopic (exact) mass is 514 g/mol. The van der Waals surface area contributed by atoms with Gasteiger partial charge in [-0.1, -0.05) is 97.1 Å². The van der Waals surface area contributed by atoms with Gasteiger partial charge in [0.1, 0.15) is 11.7 Å². The van der Waals surface area contributed by atoms with Gasteiger partial charge in [0, 0.05) is 22.3 Å². The van der Waals surface area contributed by atoms with E-state index in [0.29, 0.717) is 0 Å². The molecule has 0 spiro atoms. The molecule has 0 N–H and O–H groups in total. The predicted octanol–water partition coefficient (Wildman–Crippen LogP) is 9.86. The van der Waals surface area contributed by atoms with Gasteiger partial charge < -0.3 is 9.15 Å². The number of hydrogen-bond donors (Lipinski definition) is 0. The van der Waals surface area contributed by atoms with Crippen molar-refractivity contribution < 1.29 is 9.15 Å². The summed E-state index contributed by atoms with van der Waals surface area (Å²) in [5.41, 5.74) is 10.7. The molecule has 0 fully saturated rings. The highest BCUT2D eigenvalue weighted by molar-refractivity contribution is 6.10. The second kappa shape index (κ2) is 8.34. The molecule has 2 unspecified atom stereocenters. The van der Waals surface area contributed by atoms with E-state index in [0.717, 1.165) is 40.5 Å². The van der Waals surface area contributed by atoms with E-state index < -0.39 is 0 Å². The molecule has 5 aromatic carbocycles. The fourth-order valence-electron chi connectivity index (χ4n) is 6.94. The van der Waals surface area contributed by atoms with Crippen LogP contribution < -0.4 is 4.74 Å². The highest BCUT2D eigenvalue weighted by Gasteiger charge is 2.36. The fraction of sp³-hybridized carbons (Fsp3) is 0.105. The summed E-state index contributed by atoms with van der Waals surface area (Å²) in [7, 11) is 0. The van der Waals surface area contributed by atoms with Gasteiger partial charge in [0.25, 0.3) is 0 Å². The van der Waals surface area contributed by atoms with Crippen molar-refractivity contribution in [2.75, 3.05) is 0 Å². The quantitative estimate of drug-likeness (QED) is 0.229. The molecule has 9 rings (SSSR count). The Hall–Kier alpha value is -4.82. The maximum Gasteiger partial charge on any atom is 0.177 e. The summed E-state index contributed by atoms with van der Waals surface area (Å²) in [5, 5.41) is 4.73. The highest BCUT2D eigenvalue weighted by Crippen LogP contribution is 2.49. The first-order valence-electron chi connectivity index (χ1n) is 14.1. The molecule has 6 aromatic rings. The molecule has 1 aliphatic heterocycles. The Kier molecular flexibility index (Phi) is 4.59. The number of aryl methyl sites for hydroxylation is 1. The smallest absolute Gasteiger partial charge is 0.177 e. The minimum atomic E-state index is -0.0149. The molecule has 2 heteroatoms. The number of allylic oxidation sites excluding steroid dienone is 3. The van der Waals surface area contributed by atoms with Gasteiger partial charge in [-0.15, -0.1) is 0 Å². The number of benzene rings is 5. The second-order valence-electron chi connectivity index (χ2n) is 11.1. The van der Waals surface area contributed by atoms with Gasteiger partial charge >= 0.3 is 0 Å². The average Bonchev–Trinajstić information content (AvgIpc) is 3.58. The number of rotatable bonds is 2. The zero-order chi connectivity index (χ0) is 26.2. The van der Waals surface area contributed by atoms with E-state index in [9.17, 15) is 0 Å². The Morgan fingerprint density at radius 3 is 2.62 bits per heavy atom. The van der Waals surface area contributed by atoms with Crippen LogP contribution in [0.5, 0.6) is 5.75 Å². The fourth-order valence-corrected chi connectivity index (χ4v) is 6.94. The maximum absolute atomic E-state index is 6.58. The van der Waals surface area contributed by atoms with Crippen molar-refractivity contribution in [1.82, 2.24) is 0 Å². The van der Waals surface area contributed by atoms with Crippen LogP contribution in [-0.4, -0.2) is 6.10 Å². The van der Waals surface area contributed by atoms with Crippen molar-refractivity contribution in [2.24, 2.45) is 0 Å². The van der Waals surface area contributed by atoms with E-state index >= 15 is 0 Å². The molecule has 0 saturated heterocycles. The molecule has 2 atom stereocenters. The average molecular weight is 515 g/mol. The third-order valence-electron chi connectivity index (χ3n) is 8.89. The Balaban J connectivity index is 1.16. The van der Waals surface area contributed by atoms with Crippen molar-refractivity contribution in [2.45, 2.75) is 24.9 Å². The van der Waals surface area contributed by atoms with Crippen LogP contribution >= 0.6 is 0 Å². The van der Waals surface area contributed by atoms with Crippen molar-refractivity contribution in [1.29, 1.82) is 0 Å². The third kappa shape index (κ3) is 3.17. The molecule has 0 bridgehead atoms. The summed E-state index contributed by atoms with van der Waals surface area (Å²) in [5.74, 6) is 1.05. The van der Waals surface area contributed by atoms with Crippen LogP contribution in [-0.2, 0) is 6.42 Å². The van der Waals surface area contributed by atoms with Crippen LogP contribution in [0, 0.1) is 0 Å². The normalized spacial score (nSPS) is 18.9. The Labute approximate surface area is 232 Å². The lowest BCUT2D eigenvalue weighted by Crippen LogP contribution is -2.17. The lowest BCUT2D eigenvalue weighted by molar-refractivity contribution is 0.269. The zero-order valence-electron chi connectivity index (χ0n) is 21.9. The third-order valence-corrected chi connectivity index (χ3v) is 8.89. The van der Waals surface area contributed by atoms with Gasteiger partial charge in [0.15, 0.2) is 11.3 Å². The highest BCUT2D eigenvalue weighted by atomic mass is 16.5. The molecule has 0 radical (unpaired) electrons. The topological polar surface area (TPSA) is 22.4 Å². The summed E-state index contributed by atoms with van der Waals surface area (Å²) >= 11 is 0. The van der Waals surface area contributed by atoms with Crippen LogP contribution in [0.2, 0.25) is 0 Å². The van der Waals surface area contributed by atoms with Crippen LogP contribution in [0.15, 0.2) is 120 Å². The summed E-state index contributed by atoms with van der Waals surface area (Å²) in [6, 6.07) is 32.8. The van der Waals surface area contributed by atoms with Gasteiger partial charge in [-0.2, -0.15) is 0 Å². The first-order chi connectivity index (χ1) is 19.8. The SMILES string of the molecule is C1=Cc2c(cccc2C2=CC3c4ccc5c(oc6ccc(-c7cccc8ccccc78)cc65)c4OC3C=C2)CC1. The van der Waals surface area contributed by atoms with E-state index in [-0.39, 0.29) is 12.0 Å². The number of ether oxygens (including phenoxy) is 1. The van der Waals surface area contributed by atoms with Crippen molar-refractivity contribution in [3.8, 4) is 16.9 Å². The van der Waals surface area contributed by atoms with E-state index in [1.54, 1.807) is 0 Å². The van der Waals surface area contributed by atoms with Crippen LogP contribution in [0.4, 0.5) is 0 Å². The number of furan rings is 1. The molecule has 2 nitrogen and oxygen atoms in total. The van der Waals surface area contributed by atoms with Crippen molar-refractivity contribution in [3.05, 3.63) is 138 Å². The van der Waals surface area contributed by atoms with Crippen LogP contribution in [0.1, 0.15) is 34.6 Å². The number of fused-ring (bicyclic) bond motifs is 9. The summed E-state index contributed by atoms with van der Waals surface area (Å²) < 4.78 is 13.1. The van der Waals surface area contributed by atoms with Gasteiger partial charge in [-0.05, 0) is 81.3 Å². The summed E-state index contributed by atoms with van der Waals surface area (Å²) in [6.45, 7) is 0. The standard InChI is InChI=1S/C38H26O2/c1-3-11-27-23(7-1)9-5-13-29(27)25-15-19-35-33(21-25)31-17-18-32-34-22-26(16-20-36(34)40-38(32)37(31)39-35)30-14-6-10-24-8-2-4-12-28(24)30/h1,3-7,9-22,34,36H,2,8H2. The van der Waals surface area contributed by atoms with Gasteiger partial charge in [-0.25, -0.2) is 0 Å². The Bertz CT molecular complexity index is 2100. The van der Waals surface area contributed by atoms with Gasteiger partial charge in [0.2, 0.25) is 0 Å². The lowest BCUT2D eigenvalue weighted by atomic mass is 9.83. The first-order valence-corrected chi connectivity index (χ1v) is 14.1. The van der Waals surface area contributed by atoms with Gasteiger partial charge in [0.05, 0.1) is 0 Å². The van der Waals surface area contributed by atoms with E-state index in [1.165, 1.54) is 49.7 Å². The molecular weight excluding hydrogens is 488 g/mol. The molecule has 2 aliphatic carbocycles. The Morgan fingerprint density at radius 1 is 0.725 bits per heavy atom. The van der Waals surface area contributed by atoms with E-state index in [2.05, 4.69) is 121 Å². The largest absolute Gasteiger partial charge is 0.481 e. The second-order valence-corrected chi connectivity index (χ2v) is 11.1. The molecule has 3 aliphatic rings. The summed E-state index contributed by atoms with van der Waals surface area (Å²) in [6.07, 6.45) is 13.6. The lowest BCUT2D eigenvalue weighted by Gasteiger charge is -2.21. The predicted molar refractivity (Wildman–Crippen MR) is 165 cm³/mol. The van der Waals surface area contributed by atoms with Crippen LogP contribution in [0.25, 0.3) is 55.5 Å². The molecule has 1 aromatic heterocycles. The zero-order valence-corrected chi connectivity index (χ0v) is 21.9. The molecule has 0 amide bonds. The molecule has 40 heavy (non-hydrogen) atoms. The van der Waals surface area contributed by atoms with Gasteiger partial charge in [-0.3, -0.25) is 0 Å². The van der Waals surface area contributed by atoms with Crippen molar-refractivity contribution >= 4 is 44.4 Å². The summed E-state index contributed by atoms with van der Waals surface area (Å²) in [4.78, 5) is 0. The molecule has 2 heterocycles. The Morgan fingerprint density at radius 2 is 1.62 bits per heavy atom.